The van der Waals surface area contributed by atoms with Gasteiger partial charge in [-0.3, -0.25) is 0 Å². The van der Waals surface area contributed by atoms with E-state index in [9.17, 15) is 0 Å². The smallest absolute Gasteiger partial charge is 0.152 e. The minimum atomic E-state index is 0.482. The molecule has 1 N–H and O–H groups in total. The van der Waals surface area contributed by atoms with Crippen LogP contribution in [0, 0.1) is 11.3 Å². The molecule has 2 atom stereocenters. The van der Waals surface area contributed by atoms with Crippen LogP contribution in [-0.2, 0) is 0 Å². The van der Waals surface area contributed by atoms with E-state index in [4.69, 9.17) is 11.6 Å². The van der Waals surface area contributed by atoms with Crippen LogP contribution in [-0.4, -0.2) is 11.0 Å². The summed E-state index contributed by atoms with van der Waals surface area (Å²) in [6.07, 6.45) is 5.47. The van der Waals surface area contributed by atoms with Crippen molar-refractivity contribution in [2.24, 2.45) is 11.3 Å². The van der Waals surface area contributed by atoms with Crippen LogP contribution in [0.2, 0.25) is 5.15 Å². The summed E-state index contributed by atoms with van der Waals surface area (Å²) in [5.41, 5.74) is 1.45. The quantitative estimate of drug-likeness (QED) is 0.791. The molecule has 0 amide bonds. The number of nitrogens with one attached hydrogen (secondary N) is 1. The van der Waals surface area contributed by atoms with E-state index in [1.807, 2.05) is 12.1 Å². The minimum Gasteiger partial charge on any atom is -0.380 e. The third-order valence-electron chi connectivity index (χ3n) is 3.79. The summed E-state index contributed by atoms with van der Waals surface area (Å²) in [5.74, 6) is 0.676. The average Bonchev–Trinajstić information content (AvgIpc) is 2.24. The summed E-state index contributed by atoms with van der Waals surface area (Å²) >= 11 is 6.07. The molecule has 1 fully saturated rings. The zero-order valence-electron chi connectivity index (χ0n) is 10.8. The van der Waals surface area contributed by atoms with Gasteiger partial charge in [-0.2, -0.15) is 0 Å². The van der Waals surface area contributed by atoms with Crippen molar-refractivity contribution < 1.29 is 0 Å². The summed E-state index contributed by atoms with van der Waals surface area (Å²) in [7, 11) is 0. The van der Waals surface area contributed by atoms with E-state index in [0.717, 1.165) is 5.69 Å². The Morgan fingerprint density at radius 1 is 1.47 bits per heavy atom. The first-order chi connectivity index (χ1) is 7.98. The SMILES string of the molecule is CC1CC(C)(C)CCC1Nc1cccnc1Cl. The average molecular weight is 253 g/mol. The molecule has 2 nitrogen and oxygen atoms in total. The molecule has 0 bridgehead atoms. The Kier molecular flexibility index (Phi) is 3.62. The Balaban J connectivity index is 2.03. The van der Waals surface area contributed by atoms with Gasteiger partial charge in [0.25, 0.3) is 0 Å². The van der Waals surface area contributed by atoms with Crippen LogP contribution in [0.3, 0.4) is 0 Å². The van der Waals surface area contributed by atoms with Gasteiger partial charge in [-0.25, -0.2) is 4.98 Å². The molecule has 0 saturated heterocycles. The van der Waals surface area contributed by atoms with Crippen molar-refractivity contribution in [1.82, 2.24) is 4.98 Å². The number of aromatic nitrogens is 1. The third-order valence-corrected chi connectivity index (χ3v) is 4.09. The molecule has 1 aromatic rings. The van der Waals surface area contributed by atoms with E-state index in [0.29, 0.717) is 22.5 Å². The highest BCUT2D eigenvalue weighted by atomic mass is 35.5. The lowest BCUT2D eigenvalue weighted by Gasteiger charge is -2.40. The molecule has 1 saturated carbocycles. The van der Waals surface area contributed by atoms with Crippen molar-refractivity contribution >= 4 is 17.3 Å². The largest absolute Gasteiger partial charge is 0.380 e. The fraction of sp³-hybridized carbons (Fsp3) is 0.643. The molecule has 94 valence electrons. The van der Waals surface area contributed by atoms with Gasteiger partial charge in [0.2, 0.25) is 0 Å². The maximum Gasteiger partial charge on any atom is 0.152 e. The summed E-state index contributed by atoms with van der Waals surface area (Å²) in [6, 6.07) is 4.44. The Hall–Kier alpha value is -0.760. The molecule has 1 aliphatic rings. The molecule has 3 heteroatoms. The van der Waals surface area contributed by atoms with Crippen LogP contribution in [0.25, 0.3) is 0 Å². The zero-order valence-corrected chi connectivity index (χ0v) is 11.6. The van der Waals surface area contributed by atoms with Gasteiger partial charge in [0, 0.05) is 12.2 Å². The van der Waals surface area contributed by atoms with Crippen molar-refractivity contribution in [3.63, 3.8) is 0 Å². The van der Waals surface area contributed by atoms with E-state index in [1.165, 1.54) is 19.3 Å². The fourth-order valence-corrected chi connectivity index (χ4v) is 3.03. The molecule has 1 heterocycles. The Morgan fingerprint density at radius 2 is 2.24 bits per heavy atom. The predicted octanol–water partition coefficient (Wildman–Crippen LogP) is 4.36. The lowest BCUT2D eigenvalue weighted by atomic mass is 9.70. The minimum absolute atomic E-state index is 0.482. The lowest BCUT2D eigenvalue weighted by Crippen LogP contribution is -2.36. The number of hydrogen-bond donors (Lipinski definition) is 1. The topological polar surface area (TPSA) is 24.9 Å². The van der Waals surface area contributed by atoms with E-state index < -0.39 is 0 Å². The molecule has 0 aromatic carbocycles. The molecule has 2 unspecified atom stereocenters. The van der Waals surface area contributed by atoms with Crippen LogP contribution in [0.4, 0.5) is 5.69 Å². The number of nitrogens with zero attached hydrogens (tertiary/aromatic N) is 1. The van der Waals surface area contributed by atoms with Gasteiger partial charge in [0.15, 0.2) is 5.15 Å². The van der Waals surface area contributed by atoms with Crippen molar-refractivity contribution in [3.05, 3.63) is 23.5 Å². The number of pyridine rings is 1. The molecule has 17 heavy (non-hydrogen) atoms. The Morgan fingerprint density at radius 3 is 2.88 bits per heavy atom. The van der Waals surface area contributed by atoms with Crippen LogP contribution in [0.5, 0.6) is 0 Å². The first-order valence-electron chi connectivity index (χ1n) is 6.35. The Labute approximate surface area is 109 Å². The molecule has 1 aliphatic carbocycles. The highest BCUT2D eigenvalue weighted by molar-refractivity contribution is 6.31. The van der Waals surface area contributed by atoms with Crippen LogP contribution < -0.4 is 5.32 Å². The van der Waals surface area contributed by atoms with Gasteiger partial charge in [0.1, 0.15) is 0 Å². The second kappa shape index (κ2) is 4.85. The standard InChI is InChI=1S/C14H21ClN2/c1-10-9-14(2,3)7-6-11(10)17-12-5-4-8-16-13(12)15/h4-5,8,10-11,17H,6-7,9H2,1-3H3. The second-order valence-electron chi connectivity index (χ2n) is 5.98. The second-order valence-corrected chi connectivity index (χ2v) is 6.33. The normalized spacial score (nSPS) is 27.8. The van der Waals surface area contributed by atoms with Gasteiger partial charge >= 0.3 is 0 Å². The van der Waals surface area contributed by atoms with Crippen LogP contribution >= 0.6 is 11.6 Å². The molecule has 0 spiro atoms. The van der Waals surface area contributed by atoms with Crippen molar-refractivity contribution in [2.75, 3.05) is 5.32 Å². The molecule has 0 aliphatic heterocycles. The van der Waals surface area contributed by atoms with E-state index in [-0.39, 0.29) is 0 Å². The van der Waals surface area contributed by atoms with Gasteiger partial charge in [-0.15, -0.1) is 0 Å². The van der Waals surface area contributed by atoms with E-state index in [1.54, 1.807) is 6.20 Å². The first kappa shape index (κ1) is 12.7. The monoisotopic (exact) mass is 252 g/mol. The molecular formula is C14H21ClN2. The summed E-state index contributed by atoms with van der Waals surface area (Å²) in [4.78, 5) is 4.10. The van der Waals surface area contributed by atoms with Crippen molar-refractivity contribution in [2.45, 2.75) is 46.1 Å². The molecule has 2 rings (SSSR count). The van der Waals surface area contributed by atoms with Crippen molar-refractivity contribution in [1.29, 1.82) is 0 Å². The number of anilines is 1. The Bertz CT molecular complexity index is 390. The van der Waals surface area contributed by atoms with Crippen molar-refractivity contribution in [3.8, 4) is 0 Å². The fourth-order valence-electron chi connectivity index (χ4n) is 2.85. The summed E-state index contributed by atoms with van der Waals surface area (Å²) in [5, 5.41) is 4.12. The maximum atomic E-state index is 6.07. The zero-order chi connectivity index (χ0) is 12.5. The first-order valence-corrected chi connectivity index (χ1v) is 6.73. The number of hydrogen-bond acceptors (Lipinski definition) is 2. The van der Waals surface area contributed by atoms with Gasteiger partial charge in [-0.1, -0.05) is 32.4 Å². The highest BCUT2D eigenvalue weighted by Crippen LogP contribution is 2.39. The summed E-state index contributed by atoms with van der Waals surface area (Å²) in [6.45, 7) is 7.04. The van der Waals surface area contributed by atoms with E-state index in [2.05, 4.69) is 31.1 Å². The maximum absolute atomic E-state index is 6.07. The highest BCUT2D eigenvalue weighted by Gasteiger charge is 2.32. The van der Waals surface area contributed by atoms with Crippen LogP contribution in [0.15, 0.2) is 18.3 Å². The van der Waals surface area contributed by atoms with E-state index >= 15 is 0 Å². The number of halogens is 1. The molecule has 0 radical (unpaired) electrons. The predicted molar refractivity (Wildman–Crippen MR) is 73.5 cm³/mol. The lowest BCUT2D eigenvalue weighted by molar-refractivity contribution is 0.177. The third kappa shape index (κ3) is 3.12. The number of rotatable bonds is 2. The summed E-state index contributed by atoms with van der Waals surface area (Å²) < 4.78 is 0. The molecule has 1 aromatic heterocycles. The van der Waals surface area contributed by atoms with Gasteiger partial charge < -0.3 is 5.32 Å². The van der Waals surface area contributed by atoms with Gasteiger partial charge in [0.05, 0.1) is 5.69 Å². The van der Waals surface area contributed by atoms with Gasteiger partial charge in [-0.05, 0) is 42.7 Å². The van der Waals surface area contributed by atoms with Crippen LogP contribution in [0.1, 0.15) is 40.0 Å². The molecular weight excluding hydrogens is 232 g/mol.